The van der Waals surface area contributed by atoms with Gasteiger partial charge in [-0.2, -0.15) is 4.31 Å². The fourth-order valence-electron chi connectivity index (χ4n) is 3.45. The number of rotatable bonds is 6. The Bertz CT molecular complexity index is 1200. The molecular weight excluding hydrogens is 453 g/mol. The van der Waals surface area contributed by atoms with Crippen molar-refractivity contribution in [2.45, 2.75) is 27.8 Å². The van der Waals surface area contributed by atoms with Crippen molar-refractivity contribution in [2.75, 3.05) is 18.4 Å². The topological polar surface area (TPSA) is 97.2 Å². The molecule has 1 aliphatic rings. The van der Waals surface area contributed by atoms with Crippen LogP contribution in [0.1, 0.15) is 12.8 Å². The van der Waals surface area contributed by atoms with Gasteiger partial charge in [0, 0.05) is 30.7 Å². The first-order valence-corrected chi connectivity index (χ1v) is 12.3. The Morgan fingerprint density at radius 1 is 1.16 bits per heavy atom. The second-order valence-electron chi connectivity index (χ2n) is 7.50. The Hall–Kier alpha value is -2.76. The molecule has 1 aromatic heterocycles. The third-order valence-electron chi connectivity index (χ3n) is 5.21. The lowest BCUT2D eigenvalue weighted by atomic mass is 9.99. The standard InChI is InChI=1S/C21H22FN5O3S2/c1-26-14-23-25-21(26)31-18-8-6-17(7-9-18)24-20(28)15-3-2-12-27(13-15)32(29,30)19-10-4-16(22)5-11-19/h4-11,14-15H,2-3,12-13H2,1H3,(H,24,28). The van der Waals surface area contributed by atoms with Crippen LogP contribution < -0.4 is 5.32 Å². The van der Waals surface area contributed by atoms with Gasteiger partial charge in [0.05, 0.1) is 10.8 Å². The van der Waals surface area contributed by atoms with E-state index in [1.54, 1.807) is 18.5 Å². The molecule has 0 radical (unpaired) electrons. The number of piperidine rings is 1. The van der Waals surface area contributed by atoms with E-state index in [1.165, 1.54) is 28.2 Å². The van der Waals surface area contributed by atoms with Crippen LogP contribution in [0.3, 0.4) is 0 Å². The SMILES string of the molecule is Cn1cnnc1Sc1ccc(NC(=O)C2CCCN(S(=O)(=O)c3ccc(F)cc3)C2)cc1. The van der Waals surface area contributed by atoms with E-state index in [2.05, 4.69) is 15.5 Å². The van der Waals surface area contributed by atoms with E-state index < -0.39 is 21.8 Å². The summed E-state index contributed by atoms with van der Waals surface area (Å²) in [5.74, 6) is -1.19. The first-order valence-electron chi connectivity index (χ1n) is 10.0. The lowest BCUT2D eigenvalue weighted by Crippen LogP contribution is -2.43. The van der Waals surface area contributed by atoms with Gasteiger partial charge >= 0.3 is 0 Å². The average molecular weight is 476 g/mol. The molecule has 1 fully saturated rings. The summed E-state index contributed by atoms with van der Waals surface area (Å²) in [6, 6.07) is 12.1. The summed E-state index contributed by atoms with van der Waals surface area (Å²) in [5.41, 5.74) is 0.635. The fourth-order valence-corrected chi connectivity index (χ4v) is 5.74. The summed E-state index contributed by atoms with van der Waals surface area (Å²) in [5, 5.41) is 11.5. The molecule has 168 valence electrons. The minimum absolute atomic E-state index is 0.0240. The van der Waals surface area contributed by atoms with Crippen molar-refractivity contribution in [2.24, 2.45) is 13.0 Å². The summed E-state index contributed by atoms with van der Waals surface area (Å²) in [4.78, 5) is 13.8. The molecule has 0 saturated carbocycles. The van der Waals surface area contributed by atoms with Crippen LogP contribution in [-0.4, -0.2) is 46.5 Å². The second-order valence-corrected chi connectivity index (χ2v) is 10.5. The van der Waals surface area contributed by atoms with E-state index in [9.17, 15) is 17.6 Å². The summed E-state index contributed by atoms with van der Waals surface area (Å²) >= 11 is 1.46. The van der Waals surface area contributed by atoms with Crippen LogP contribution in [-0.2, 0) is 21.9 Å². The molecule has 4 rings (SSSR count). The molecule has 32 heavy (non-hydrogen) atoms. The number of amides is 1. The smallest absolute Gasteiger partial charge is 0.243 e. The average Bonchev–Trinajstić information content (AvgIpc) is 3.19. The number of nitrogens with one attached hydrogen (secondary N) is 1. The van der Waals surface area contributed by atoms with Gasteiger partial charge in [0.15, 0.2) is 5.16 Å². The molecule has 1 atom stereocenters. The number of benzene rings is 2. The van der Waals surface area contributed by atoms with E-state index in [-0.39, 0.29) is 17.3 Å². The summed E-state index contributed by atoms with van der Waals surface area (Å²) in [7, 11) is -1.92. The predicted octanol–water partition coefficient (Wildman–Crippen LogP) is 3.14. The molecule has 1 amide bonds. The van der Waals surface area contributed by atoms with E-state index >= 15 is 0 Å². The highest BCUT2D eigenvalue weighted by atomic mass is 32.2. The number of aryl methyl sites for hydroxylation is 1. The Morgan fingerprint density at radius 3 is 2.53 bits per heavy atom. The van der Waals surface area contributed by atoms with Crippen LogP contribution in [0.25, 0.3) is 0 Å². The molecule has 11 heteroatoms. The van der Waals surface area contributed by atoms with E-state index in [0.29, 0.717) is 25.1 Å². The van der Waals surface area contributed by atoms with Crippen molar-refractivity contribution in [3.05, 3.63) is 60.7 Å². The van der Waals surface area contributed by atoms with E-state index in [1.807, 2.05) is 23.7 Å². The van der Waals surface area contributed by atoms with Gasteiger partial charge in [0.1, 0.15) is 12.1 Å². The predicted molar refractivity (Wildman–Crippen MR) is 118 cm³/mol. The van der Waals surface area contributed by atoms with Crippen LogP contribution in [0.2, 0.25) is 0 Å². The summed E-state index contributed by atoms with van der Waals surface area (Å²) < 4.78 is 42.0. The van der Waals surface area contributed by atoms with Crippen LogP contribution in [0.5, 0.6) is 0 Å². The van der Waals surface area contributed by atoms with Crippen LogP contribution in [0.15, 0.2) is 69.8 Å². The maximum atomic E-state index is 13.2. The van der Waals surface area contributed by atoms with Crippen molar-refractivity contribution in [3.8, 4) is 0 Å². The van der Waals surface area contributed by atoms with Gasteiger partial charge in [-0.25, -0.2) is 12.8 Å². The molecule has 1 unspecified atom stereocenters. The van der Waals surface area contributed by atoms with Crippen LogP contribution in [0.4, 0.5) is 10.1 Å². The zero-order valence-corrected chi connectivity index (χ0v) is 18.9. The molecule has 0 spiro atoms. The first-order chi connectivity index (χ1) is 15.3. The number of carbonyl (C=O) groups is 1. The Morgan fingerprint density at radius 2 is 1.88 bits per heavy atom. The van der Waals surface area contributed by atoms with Crippen LogP contribution in [0, 0.1) is 11.7 Å². The molecule has 3 aromatic rings. The molecule has 1 aliphatic heterocycles. The molecule has 1 N–H and O–H groups in total. The van der Waals surface area contributed by atoms with Gasteiger partial charge in [0.25, 0.3) is 0 Å². The quantitative estimate of drug-likeness (QED) is 0.588. The maximum Gasteiger partial charge on any atom is 0.243 e. The van der Waals surface area contributed by atoms with Gasteiger partial charge in [-0.3, -0.25) is 4.79 Å². The molecule has 2 heterocycles. The van der Waals surface area contributed by atoms with Gasteiger partial charge in [-0.1, -0.05) is 0 Å². The van der Waals surface area contributed by atoms with Gasteiger partial charge < -0.3 is 9.88 Å². The normalized spacial score (nSPS) is 17.2. The van der Waals surface area contributed by atoms with Gasteiger partial charge in [0.2, 0.25) is 15.9 Å². The lowest BCUT2D eigenvalue weighted by Gasteiger charge is -2.31. The molecule has 8 nitrogen and oxygen atoms in total. The monoisotopic (exact) mass is 475 g/mol. The van der Waals surface area contributed by atoms with Gasteiger partial charge in [-0.15, -0.1) is 10.2 Å². The Labute approximate surface area is 189 Å². The van der Waals surface area contributed by atoms with E-state index in [0.717, 1.165) is 22.2 Å². The third-order valence-corrected chi connectivity index (χ3v) is 8.15. The van der Waals surface area contributed by atoms with Crippen molar-refractivity contribution >= 4 is 33.4 Å². The van der Waals surface area contributed by atoms with Crippen molar-refractivity contribution in [3.63, 3.8) is 0 Å². The molecule has 0 aliphatic carbocycles. The fraction of sp³-hybridized carbons (Fsp3) is 0.286. The number of anilines is 1. The highest BCUT2D eigenvalue weighted by Crippen LogP contribution is 2.28. The Balaban J connectivity index is 1.39. The minimum Gasteiger partial charge on any atom is -0.326 e. The maximum absolute atomic E-state index is 13.2. The number of hydrogen-bond donors (Lipinski definition) is 1. The van der Waals surface area contributed by atoms with Crippen molar-refractivity contribution < 1.29 is 17.6 Å². The molecule has 0 bridgehead atoms. The summed E-state index contributed by atoms with van der Waals surface area (Å²) in [6.45, 7) is 0.420. The molecule has 1 saturated heterocycles. The number of nitrogens with zero attached hydrogens (tertiary/aromatic N) is 4. The first kappa shape index (κ1) is 22.4. The van der Waals surface area contributed by atoms with Crippen molar-refractivity contribution in [1.82, 2.24) is 19.1 Å². The highest BCUT2D eigenvalue weighted by molar-refractivity contribution is 7.99. The number of sulfonamides is 1. The minimum atomic E-state index is -3.78. The number of carbonyl (C=O) groups excluding carboxylic acids is 1. The van der Waals surface area contributed by atoms with Crippen LogP contribution >= 0.6 is 11.8 Å². The third kappa shape index (κ3) is 5.00. The number of halogens is 1. The lowest BCUT2D eigenvalue weighted by molar-refractivity contribution is -0.120. The molecular formula is C21H22FN5O3S2. The van der Waals surface area contributed by atoms with Gasteiger partial charge in [-0.05, 0) is 73.1 Å². The highest BCUT2D eigenvalue weighted by Gasteiger charge is 2.33. The summed E-state index contributed by atoms with van der Waals surface area (Å²) in [6.07, 6.45) is 2.80. The largest absolute Gasteiger partial charge is 0.326 e. The van der Waals surface area contributed by atoms with E-state index in [4.69, 9.17) is 0 Å². The zero-order chi connectivity index (χ0) is 22.7. The van der Waals surface area contributed by atoms with Crippen molar-refractivity contribution in [1.29, 1.82) is 0 Å². The Kier molecular flexibility index (Phi) is 6.58. The molecule has 2 aromatic carbocycles. The zero-order valence-electron chi connectivity index (χ0n) is 17.3. The second kappa shape index (κ2) is 9.39. The number of aromatic nitrogens is 3. The number of hydrogen-bond acceptors (Lipinski definition) is 6.